The Kier molecular flexibility index (Phi) is 3.93. The van der Waals surface area contributed by atoms with Crippen LogP contribution in [0, 0.1) is 5.82 Å². The number of hydrogen-bond acceptors (Lipinski definition) is 2. The monoisotopic (exact) mass is 318 g/mol. The SMILES string of the molecule is CC1(C)NC(=O)CCN(c2c(Cl)cc(F)cc2Cl)C1=O. The molecule has 0 aliphatic carbocycles. The Morgan fingerprint density at radius 3 is 2.35 bits per heavy atom. The topological polar surface area (TPSA) is 49.4 Å². The van der Waals surface area contributed by atoms with E-state index in [9.17, 15) is 14.0 Å². The summed E-state index contributed by atoms with van der Waals surface area (Å²) in [6.07, 6.45) is 0.124. The van der Waals surface area contributed by atoms with Crippen molar-refractivity contribution >= 4 is 40.7 Å². The Morgan fingerprint density at radius 2 is 1.80 bits per heavy atom. The van der Waals surface area contributed by atoms with Gasteiger partial charge >= 0.3 is 0 Å². The Balaban J connectivity index is 2.51. The van der Waals surface area contributed by atoms with Crippen molar-refractivity contribution in [2.24, 2.45) is 0 Å². The largest absolute Gasteiger partial charge is 0.342 e. The van der Waals surface area contributed by atoms with Crippen LogP contribution in [-0.2, 0) is 9.59 Å². The summed E-state index contributed by atoms with van der Waals surface area (Å²) in [6.45, 7) is 3.33. The molecule has 1 N–H and O–H groups in total. The van der Waals surface area contributed by atoms with Gasteiger partial charge in [-0.15, -0.1) is 0 Å². The van der Waals surface area contributed by atoms with Crippen LogP contribution in [0.4, 0.5) is 10.1 Å². The van der Waals surface area contributed by atoms with E-state index in [4.69, 9.17) is 23.2 Å². The van der Waals surface area contributed by atoms with Gasteiger partial charge in [-0.3, -0.25) is 9.59 Å². The zero-order valence-electron chi connectivity index (χ0n) is 11.0. The normalized spacial score (nSPS) is 18.8. The zero-order chi connectivity index (χ0) is 15.1. The summed E-state index contributed by atoms with van der Waals surface area (Å²) in [7, 11) is 0. The quantitative estimate of drug-likeness (QED) is 0.865. The Morgan fingerprint density at radius 1 is 1.25 bits per heavy atom. The predicted molar refractivity (Wildman–Crippen MR) is 75.6 cm³/mol. The van der Waals surface area contributed by atoms with E-state index in [0.29, 0.717) is 0 Å². The van der Waals surface area contributed by atoms with Crippen LogP contribution in [0.3, 0.4) is 0 Å². The second kappa shape index (κ2) is 5.22. The van der Waals surface area contributed by atoms with Gasteiger partial charge in [0, 0.05) is 13.0 Å². The fourth-order valence-corrected chi connectivity index (χ4v) is 2.79. The smallest absolute Gasteiger partial charge is 0.252 e. The number of amides is 2. The molecule has 108 valence electrons. The molecule has 1 fully saturated rings. The second-order valence-electron chi connectivity index (χ2n) is 5.10. The molecule has 0 aromatic heterocycles. The molecular formula is C13H13Cl2FN2O2. The summed E-state index contributed by atoms with van der Waals surface area (Å²) in [5.41, 5.74) is -0.849. The molecule has 1 aliphatic rings. The third kappa shape index (κ3) is 2.74. The van der Waals surface area contributed by atoms with Gasteiger partial charge < -0.3 is 10.2 Å². The second-order valence-corrected chi connectivity index (χ2v) is 5.91. The maximum atomic E-state index is 13.2. The zero-order valence-corrected chi connectivity index (χ0v) is 12.5. The number of nitrogens with one attached hydrogen (secondary N) is 1. The molecule has 0 unspecified atom stereocenters. The van der Waals surface area contributed by atoms with Crippen LogP contribution in [0.25, 0.3) is 0 Å². The third-order valence-electron chi connectivity index (χ3n) is 3.05. The van der Waals surface area contributed by atoms with Gasteiger partial charge in [0.1, 0.15) is 11.4 Å². The number of rotatable bonds is 1. The predicted octanol–water partition coefficient (Wildman–Crippen LogP) is 2.76. The first-order valence-corrected chi connectivity index (χ1v) is 6.75. The molecular weight excluding hydrogens is 306 g/mol. The fraction of sp³-hybridized carbons (Fsp3) is 0.385. The first kappa shape index (κ1) is 15.1. The summed E-state index contributed by atoms with van der Waals surface area (Å²) < 4.78 is 13.2. The molecule has 0 spiro atoms. The molecule has 1 aromatic rings. The molecule has 1 aliphatic heterocycles. The van der Waals surface area contributed by atoms with E-state index in [-0.39, 0.29) is 40.5 Å². The molecule has 1 aromatic carbocycles. The minimum atomic E-state index is -1.07. The lowest BCUT2D eigenvalue weighted by molar-refractivity contribution is -0.128. The van der Waals surface area contributed by atoms with Crippen molar-refractivity contribution in [3.8, 4) is 0 Å². The van der Waals surface area contributed by atoms with E-state index in [1.807, 2.05) is 0 Å². The summed E-state index contributed by atoms with van der Waals surface area (Å²) in [5.74, 6) is -1.17. The molecule has 0 bridgehead atoms. The summed E-state index contributed by atoms with van der Waals surface area (Å²) >= 11 is 12.0. The van der Waals surface area contributed by atoms with Crippen LogP contribution in [0.15, 0.2) is 12.1 Å². The van der Waals surface area contributed by atoms with Crippen molar-refractivity contribution in [3.63, 3.8) is 0 Å². The van der Waals surface area contributed by atoms with Crippen molar-refractivity contribution in [2.45, 2.75) is 25.8 Å². The Hall–Kier alpha value is -1.33. The van der Waals surface area contributed by atoms with Gasteiger partial charge in [-0.2, -0.15) is 0 Å². The first-order chi connectivity index (χ1) is 9.22. The molecule has 20 heavy (non-hydrogen) atoms. The lowest BCUT2D eigenvalue weighted by atomic mass is 10.0. The van der Waals surface area contributed by atoms with Gasteiger partial charge in [-0.25, -0.2) is 4.39 Å². The van der Waals surface area contributed by atoms with Crippen LogP contribution >= 0.6 is 23.2 Å². The third-order valence-corrected chi connectivity index (χ3v) is 3.62. The number of carbonyl (C=O) groups excluding carboxylic acids is 2. The minimum absolute atomic E-state index is 0.0356. The van der Waals surface area contributed by atoms with E-state index < -0.39 is 11.4 Å². The van der Waals surface area contributed by atoms with E-state index in [0.717, 1.165) is 12.1 Å². The minimum Gasteiger partial charge on any atom is -0.342 e. The number of anilines is 1. The Bertz CT molecular complexity index is 567. The van der Waals surface area contributed by atoms with Crippen molar-refractivity contribution < 1.29 is 14.0 Å². The number of nitrogens with zero attached hydrogens (tertiary/aromatic N) is 1. The van der Waals surface area contributed by atoms with Crippen LogP contribution in [0.5, 0.6) is 0 Å². The Labute approximate surface area is 125 Å². The molecule has 7 heteroatoms. The van der Waals surface area contributed by atoms with Gasteiger partial charge in [0.25, 0.3) is 5.91 Å². The maximum Gasteiger partial charge on any atom is 0.252 e. The molecule has 1 saturated heterocycles. The number of hydrogen-bond donors (Lipinski definition) is 1. The van der Waals surface area contributed by atoms with Crippen LogP contribution in [0.1, 0.15) is 20.3 Å². The number of carbonyl (C=O) groups is 2. The van der Waals surface area contributed by atoms with Gasteiger partial charge in [-0.05, 0) is 26.0 Å². The van der Waals surface area contributed by atoms with Gasteiger partial charge in [0.2, 0.25) is 5.91 Å². The molecule has 2 rings (SSSR count). The number of benzene rings is 1. The first-order valence-electron chi connectivity index (χ1n) is 6.00. The number of halogens is 3. The van der Waals surface area contributed by atoms with E-state index in [1.165, 1.54) is 4.90 Å². The average Bonchev–Trinajstić information content (AvgIpc) is 2.38. The van der Waals surface area contributed by atoms with Crippen LogP contribution in [0.2, 0.25) is 10.0 Å². The maximum absolute atomic E-state index is 13.2. The van der Waals surface area contributed by atoms with Crippen LogP contribution < -0.4 is 10.2 Å². The molecule has 0 radical (unpaired) electrons. The molecule has 2 amide bonds. The van der Waals surface area contributed by atoms with Gasteiger partial charge in [-0.1, -0.05) is 23.2 Å². The molecule has 0 atom stereocenters. The molecule has 1 heterocycles. The summed E-state index contributed by atoms with van der Waals surface area (Å²) in [6, 6.07) is 2.17. The summed E-state index contributed by atoms with van der Waals surface area (Å²) in [4.78, 5) is 25.5. The lowest BCUT2D eigenvalue weighted by Gasteiger charge is -2.29. The van der Waals surface area contributed by atoms with Crippen molar-refractivity contribution in [2.75, 3.05) is 11.4 Å². The van der Waals surface area contributed by atoms with Crippen molar-refractivity contribution in [1.29, 1.82) is 0 Å². The average molecular weight is 319 g/mol. The lowest BCUT2D eigenvalue weighted by Crippen LogP contribution is -2.53. The highest BCUT2D eigenvalue weighted by Crippen LogP contribution is 2.36. The highest BCUT2D eigenvalue weighted by atomic mass is 35.5. The van der Waals surface area contributed by atoms with Crippen molar-refractivity contribution in [3.05, 3.63) is 28.0 Å². The van der Waals surface area contributed by atoms with E-state index in [2.05, 4.69) is 5.32 Å². The summed E-state index contributed by atoms with van der Waals surface area (Å²) in [5, 5.41) is 2.70. The highest BCUT2D eigenvalue weighted by Gasteiger charge is 2.38. The van der Waals surface area contributed by atoms with E-state index >= 15 is 0 Å². The molecule has 4 nitrogen and oxygen atoms in total. The fourth-order valence-electron chi connectivity index (χ4n) is 2.12. The molecule has 0 saturated carbocycles. The highest BCUT2D eigenvalue weighted by molar-refractivity contribution is 6.40. The van der Waals surface area contributed by atoms with Gasteiger partial charge in [0.15, 0.2) is 0 Å². The van der Waals surface area contributed by atoms with Crippen LogP contribution in [-0.4, -0.2) is 23.9 Å². The van der Waals surface area contributed by atoms with Gasteiger partial charge in [0.05, 0.1) is 15.7 Å². The standard InChI is InChI=1S/C13H13Cl2FN2O2/c1-13(2)12(20)18(4-3-10(19)17-13)11-8(14)5-7(16)6-9(11)15/h5-6H,3-4H2,1-2H3,(H,17,19). The van der Waals surface area contributed by atoms with Crippen molar-refractivity contribution in [1.82, 2.24) is 5.32 Å². The van der Waals surface area contributed by atoms with E-state index in [1.54, 1.807) is 13.8 Å².